The molecule has 1 aliphatic carbocycles. The third-order valence-corrected chi connectivity index (χ3v) is 7.70. The Balaban J connectivity index is -0.00000110. The Morgan fingerprint density at radius 1 is 0.958 bits per heavy atom. The Labute approximate surface area is 183 Å². The van der Waals surface area contributed by atoms with Crippen molar-refractivity contribution in [2.75, 3.05) is 0 Å². The van der Waals surface area contributed by atoms with Crippen LogP contribution in [-0.2, 0) is 21.7 Å². The summed E-state index contributed by atoms with van der Waals surface area (Å²) < 4.78 is 0. The molecule has 1 aliphatic rings. The second-order valence-corrected chi connectivity index (χ2v) is 9.08. The first kappa shape index (κ1) is 29.3. The Hall–Kier alpha value is 0.501. The van der Waals surface area contributed by atoms with Gasteiger partial charge in [0.15, 0.2) is 0 Å². The van der Waals surface area contributed by atoms with Gasteiger partial charge in [0.1, 0.15) is 0 Å². The van der Waals surface area contributed by atoms with Gasteiger partial charge in [-0.3, -0.25) is 6.08 Å². The van der Waals surface area contributed by atoms with E-state index in [1.54, 1.807) is 10.4 Å². The van der Waals surface area contributed by atoms with E-state index in [0.29, 0.717) is 0 Å². The van der Waals surface area contributed by atoms with Crippen LogP contribution in [0.2, 0.25) is 6.04 Å². The van der Waals surface area contributed by atoms with Crippen LogP contribution in [0.3, 0.4) is 0 Å². The average Bonchev–Trinajstić information content (AvgIpc) is 2.80. The molecule has 1 aromatic carbocycles. The van der Waals surface area contributed by atoms with Crippen LogP contribution in [0.4, 0.5) is 0 Å². The molecule has 24 heavy (non-hydrogen) atoms. The van der Waals surface area contributed by atoms with Crippen LogP contribution in [0.15, 0.2) is 35.0 Å². The molecule has 2 rings (SSSR count). The van der Waals surface area contributed by atoms with Gasteiger partial charge in [0.25, 0.3) is 0 Å². The maximum atomic E-state index is 3.66. The molecule has 0 radical (unpaired) electrons. The van der Waals surface area contributed by atoms with Gasteiger partial charge in [-0.15, -0.1) is 13.3 Å². The van der Waals surface area contributed by atoms with Crippen molar-refractivity contribution in [1.29, 1.82) is 0 Å². The Morgan fingerprint density at radius 3 is 2.00 bits per heavy atom. The molecule has 132 valence electrons. The molecule has 0 aliphatic heterocycles. The molecular weight excluding hydrogens is 411 g/mol. The van der Waals surface area contributed by atoms with Crippen LogP contribution in [0.5, 0.6) is 0 Å². The average molecular weight is 438 g/mol. The normalized spacial score (nSPS) is 13.3. The van der Waals surface area contributed by atoms with Crippen molar-refractivity contribution in [3.05, 3.63) is 52.2 Å². The maximum absolute atomic E-state index is 3.66. The molecule has 0 saturated heterocycles. The number of rotatable bonds is 6. The van der Waals surface area contributed by atoms with E-state index >= 15 is 0 Å². The van der Waals surface area contributed by atoms with Gasteiger partial charge in [-0.1, -0.05) is 66.7 Å². The number of halogens is 3. The monoisotopic (exact) mass is 436 g/mol. The van der Waals surface area contributed by atoms with E-state index in [-0.39, 0.29) is 58.9 Å². The minimum absolute atomic E-state index is 0. The number of aryl methyl sites for hydroxylation is 2. The van der Waals surface area contributed by atoms with Crippen LogP contribution in [-0.4, -0.2) is 8.80 Å². The first-order valence-corrected chi connectivity index (χ1v) is 9.95. The molecule has 0 amide bonds. The fraction of sp³-hybridized carbons (Fsp3) is 0.474. The quantitative estimate of drug-likeness (QED) is 0.239. The first-order chi connectivity index (χ1) is 9.61. The number of hydrogen-bond donors (Lipinski definition) is 0. The van der Waals surface area contributed by atoms with E-state index in [2.05, 4.69) is 58.0 Å². The van der Waals surface area contributed by atoms with Gasteiger partial charge in [-0.2, -0.15) is 6.08 Å². The number of benzene rings is 1. The Morgan fingerprint density at radius 2 is 1.54 bits per heavy atom. The van der Waals surface area contributed by atoms with Gasteiger partial charge in [-0.25, -0.2) is 10.8 Å². The van der Waals surface area contributed by atoms with Gasteiger partial charge < -0.3 is 37.2 Å². The van der Waals surface area contributed by atoms with E-state index in [4.69, 9.17) is 0 Å². The molecule has 1 atom stereocenters. The van der Waals surface area contributed by atoms with E-state index in [0.717, 1.165) is 6.42 Å². The fourth-order valence-electron chi connectivity index (χ4n) is 3.25. The van der Waals surface area contributed by atoms with E-state index in [1.807, 2.05) is 0 Å². The summed E-state index contributed by atoms with van der Waals surface area (Å²) in [4.78, 5) is 0. The van der Waals surface area contributed by atoms with Gasteiger partial charge >= 0.3 is 21.7 Å². The van der Waals surface area contributed by atoms with E-state index in [1.165, 1.54) is 42.0 Å². The second kappa shape index (κ2) is 14.6. The molecule has 0 nitrogen and oxygen atoms in total. The number of allylic oxidation sites excluding steroid dienone is 4. The van der Waals surface area contributed by atoms with E-state index < -0.39 is 8.80 Å². The van der Waals surface area contributed by atoms with Crippen molar-refractivity contribution in [3.8, 4) is 0 Å². The molecule has 0 N–H and O–H groups in total. The molecule has 0 spiro atoms. The number of hydrogen-bond acceptors (Lipinski definition) is 0. The summed E-state index contributed by atoms with van der Waals surface area (Å²) >= 11 is 0. The van der Waals surface area contributed by atoms with E-state index in [9.17, 15) is 0 Å². The fourth-order valence-corrected chi connectivity index (χ4v) is 6.86. The number of unbranched alkanes of at least 4 members (excludes halogenated alkanes) is 2. The molecule has 0 saturated carbocycles. The standard InChI is InChI=1S/C19H27Si.3ClH.Ti/c1-5-6-7-11-20(19-10-8-9-17(19)4)18-13-15(2)12-16(3)14-18;;;;/h9,12-14,20H,5-8,11H2,1-4H3;3*1H;/q-1;;;;+4/p-3. The van der Waals surface area contributed by atoms with Crippen molar-refractivity contribution in [1.82, 2.24) is 0 Å². The zero-order valence-electron chi connectivity index (χ0n) is 15.1. The zero-order valence-corrected chi connectivity index (χ0v) is 20.0. The molecule has 0 fully saturated rings. The third kappa shape index (κ3) is 8.25. The smallest absolute Gasteiger partial charge is 1.00 e. The predicted molar refractivity (Wildman–Crippen MR) is 92.2 cm³/mol. The van der Waals surface area contributed by atoms with Gasteiger partial charge in [0.05, 0.1) is 8.80 Å². The predicted octanol–water partition coefficient (Wildman–Crippen LogP) is -4.44. The summed E-state index contributed by atoms with van der Waals surface area (Å²) in [6.07, 6.45) is 11.1. The van der Waals surface area contributed by atoms with Gasteiger partial charge in [-0.05, 0) is 13.8 Å². The summed E-state index contributed by atoms with van der Waals surface area (Å²) in [5.41, 5.74) is 4.32. The Kier molecular flexibility index (Phi) is 17.9. The molecule has 0 aromatic heterocycles. The van der Waals surface area contributed by atoms with Crippen LogP contribution in [0.25, 0.3) is 0 Å². The molecular formula is C19H27Cl3SiTi. The van der Waals surface area contributed by atoms with Crippen molar-refractivity contribution in [3.63, 3.8) is 0 Å². The van der Waals surface area contributed by atoms with Gasteiger partial charge in [0, 0.05) is 0 Å². The molecule has 5 heteroatoms. The summed E-state index contributed by atoms with van der Waals surface area (Å²) in [6.45, 7) is 9.02. The SMILES string of the molecule is CCCCC[SiH](C1=[C-]CC=C1C)c1cc(C)cc(C)c1.[Cl-].[Cl-].[Cl-].[Ti+4]. The van der Waals surface area contributed by atoms with Crippen LogP contribution in [0, 0.1) is 19.9 Å². The largest absolute Gasteiger partial charge is 4.00 e. The summed E-state index contributed by atoms with van der Waals surface area (Å²) in [5, 5.41) is 3.21. The van der Waals surface area contributed by atoms with Crippen molar-refractivity contribution in [2.45, 2.75) is 59.4 Å². The molecule has 0 bridgehead atoms. The molecule has 0 heterocycles. The van der Waals surface area contributed by atoms with Crippen LogP contribution >= 0.6 is 0 Å². The van der Waals surface area contributed by atoms with Crippen LogP contribution in [0.1, 0.15) is 50.7 Å². The maximum Gasteiger partial charge on any atom is 4.00 e. The minimum Gasteiger partial charge on any atom is -1.00 e. The van der Waals surface area contributed by atoms with Crippen molar-refractivity contribution in [2.24, 2.45) is 0 Å². The van der Waals surface area contributed by atoms with Crippen molar-refractivity contribution < 1.29 is 58.9 Å². The molecule has 1 unspecified atom stereocenters. The zero-order chi connectivity index (χ0) is 14.5. The first-order valence-electron chi connectivity index (χ1n) is 7.98. The van der Waals surface area contributed by atoms with Crippen molar-refractivity contribution >= 4 is 14.0 Å². The summed E-state index contributed by atoms with van der Waals surface area (Å²) in [7, 11) is -1.05. The summed E-state index contributed by atoms with van der Waals surface area (Å²) in [5.74, 6) is 0. The summed E-state index contributed by atoms with van der Waals surface area (Å²) in [6, 6.07) is 8.53. The Bertz CT molecular complexity index is 521. The molecule has 1 aromatic rings. The third-order valence-electron chi connectivity index (χ3n) is 4.22. The second-order valence-electron chi connectivity index (χ2n) is 6.15. The topological polar surface area (TPSA) is 0 Å². The van der Waals surface area contributed by atoms with Crippen LogP contribution < -0.4 is 42.4 Å². The van der Waals surface area contributed by atoms with Gasteiger partial charge in [0.2, 0.25) is 0 Å². The minimum atomic E-state index is -1.05.